The molecule has 154 valence electrons. The molecule has 0 saturated carbocycles. The number of aliphatic hydroxyl groups is 1. The van der Waals surface area contributed by atoms with Gasteiger partial charge in [0.2, 0.25) is 0 Å². The van der Waals surface area contributed by atoms with Gasteiger partial charge in [0, 0.05) is 33.4 Å². The van der Waals surface area contributed by atoms with Crippen molar-refractivity contribution in [2.75, 3.05) is 47.6 Å². The highest BCUT2D eigenvalue weighted by atomic mass is 16.5. The van der Waals surface area contributed by atoms with Crippen molar-refractivity contribution in [3.8, 4) is 17.2 Å². The van der Waals surface area contributed by atoms with Gasteiger partial charge in [-0.25, -0.2) is 0 Å². The zero-order valence-corrected chi connectivity index (χ0v) is 17.0. The molecule has 0 saturated heterocycles. The fourth-order valence-corrected chi connectivity index (χ4v) is 2.96. The zero-order valence-electron chi connectivity index (χ0n) is 17.0. The number of methoxy groups -OCH3 is 3. The van der Waals surface area contributed by atoms with Gasteiger partial charge in [-0.3, -0.25) is 4.90 Å². The van der Waals surface area contributed by atoms with Gasteiger partial charge in [-0.15, -0.1) is 0 Å². The van der Waals surface area contributed by atoms with E-state index < -0.39 is 6.10 Å². The van der Waals surface area contributed by atoms with Crippen LogP contribution in [0, 0.1) is 0 Å². The van der Waals surface area contributed by atoms with Crippen LogP contribution in [0.2, 0.25) is 0 Å². The maximum absolute atomic E-state index is 10.5. The zero-order chi connectivity index (χ0) is 20.2. The van der Waals surface area contributed by atoms with Gasteiger partial charge in [0.05, 0.1) is 14.2 Å². The van der Waals surface area contributed by atoms with E-state index in [2.05, 4.69) is 4.90 Å². The SMILES string of the molecule is COCCCN(Cc1ccc(OC)c(OC)c1)C[C@H](O)COc1ccccc1. The van der Waals surface area contributed by atoms with E-state index in [4.69, 9.17) is 18.9 Å². The third-order valence-corrected chi connectivity index (χ3v) is 4.33. The largest absolute Gasteiger partial charge is 0.493 e. The Morgan fingerprint density at radius 1 is 0.964 bits per heavy atom. The summed E-state index contributed by atoms with van der Waals surface area (Å²) < 4.78 is 21.5. The molecule has 2 aromatic rings. The minimum absolute atomic E-state index is 0.247. The van der Waals surface area contributed by atoms with Crippen LogP contribution in [0.4, 0.5) is 0 Å². The van der Waals surface area contributed by atoms with E-state index in [-0.39, 0.29) is 6.61 Å². The fourth-order valence-electron chi connectivity index (χ4n) is 2.96. The van der Waals surface area contributed by atoms with Crippen LogP contribution in [0.1, 0.15) is 12.0 Å². The number of para-hydroxylation sites is 1. The molecule has 2 aromatic carbocycles. The standard InChI is InChI=1S/C22H31NO5/c1-25-13-7-12-23(15-18-10-11-21(26-2)22(14-18)27-3)16-19(24)17-28-20-8-5-4-6-9-20/h4-6,8-11,14,19,24H,7,12-13,15-17H2,1-3H3/t19-/m0/s1. The van der Waals surface area contributed by atoms with E-state index in [1.165, 1.54) is 0 Å². The molecule has 0 amide bonds. The molecule has 28 heavy (non-hydrogen) atoms. The molecule has 1 N–H and O–H groups in total. The first-order chi connectivity index (χ1) is 13.7. The lowest BCUT2D eigenvalue weighted by molar-refractivity contribution is 0.0617. The number of aliphatic hydroxyl groups excluding tert-OH is 1. The van der Waals surface area contributed by atoms with Crippen molar-refractivity contribution in [3.63, 3.8) is 0 Å². The average molecular weight is 389 g/mol. The molecule has 6 heteroatoms. The minimum atomic E-state index is -0.595. The van der Waals surface area contributed by atoms with Crippen LogP contribution in [0.5, 0.6) is 17.2 Å². The summed E-state index contributed by atoms with van der Waals surface area (Å²) in [5.41, 5.74) is 1.09. The van der Waals surface area contributed by atoms with Gasteiger partial charge in [0.15, 0.2) is 11.5 Å². The average Bonchev–Trinajstić information content (AvgIpc) is 2.73. The van der Waals surface area contributed by atoms with Crippen molar-refractivity contribution in [2.24, 2.45) is 0 Å². The Morgan fingerprint density at radius 3 is 2.39 bits per heavy atom. The molecule has 0 fully saturated rings. The monoisotopic (exact) mass is 389 g/mol. The molecule has 0 aliphatic heterocycles. The highest BCUT2D eigenvalue weighted by Crippen LogP contribution is 2.28. The molecule has 0 unspecified atom stereocenters. The molecule has 0 spiro atoms. The highest BCUT2D eigenvalue weighted by Gasteiger charge is 2.14. The van der Waals surface area contributed by atoms with Gasteiger partial charge < -0.3 is 24.1 Å². The Hall–Kier alpha value is -2.28. The number of ether oxygens (including phenoxy) is 4. The molecular weight excluding hydrogens is 358 g/mol. The van der Waals surface area contributed by atoms with E-state index in [1.807, 2.05) is 48.5 Å². The molecule has 1 atom stereocenters. The van der Waals surface area contributed by atoms with Gasteiger partial charge in [0.25, 0.3) is 0 Å². The summed E-state index contributed by atoms with van der Waals surface area (Å²) >= 11 is 0. The molecule has 0 aliphatic rings. The summed E-state index contributed by atoms with van der Waals surface area (Å²) in [6.07, 6.45) is 0.290. The maximum Gasteiger partial charge on any atom is 0.161 e. The summed E-state index contributed by atoms with van der Waals surface area (Å²) in [6.45, 7) is 2.93. The highest BCUT2D eigenvalue weighted by molar-refractivity contribution is 5.42. The first kappa shape index (κ1) is 22.0. The van der Waals surface area contributed by atoms with Gasteiger partial charge in [-0.05, 0) is 36.2 Å². The van der Waals surface area contributed by atoms with E-state index in [9.17, 15) is 5.11 Å². The number of rotatable bonds is 13. The van der Waals surface area contributed by atoms with Crippen molar-refractivity contribution in [1.82, 2.24) is 4.90 Å². The van der Waals surface area contributed by atoms with Crippen LogP contribution >= 0.6 is 0 Å². The van der Waals surface area contributed by atoms with Gasteiger partial charge in [-0.2, -0.15) is 0 Å². The van der Waals surface area contributed by atoms with Gasteiger partial charge in [-0.1, -0.05) is 24.3 Å². The maximum atomic E-state index is 10.5. The Kier molecular flexibility index (Phi) is 9.62. The van der Waals surface area contributed by atoms with Crippen LogP contribution < -0.4 is 14.2 Å². The number of benzene rings is 2. The molecule has 6 nitrogen and oxygen atoms in total. The normalized spacial score (nSPS) is 12.0. The quantitative estimate of drug-likeness (QED) is 0.532. The second-order valence-corrected chi connectivity index (χ2v) is 6.55. The van der Waals surface area contributed by atoms with Crippen LogP contribution in [0.3, 0.4) is 0 Å². The molecule has 2 rings (SSSR count). The molecule has 0 radical (unpaired) electrons. The Labute approximate surface area is 167 Å². The molecule has 0 heterocycles. The first-order valence-corrected chi connectivity index (χ1v) is 9.44. The molecule has 0 bridgehead atoms. The van der Waals surface area contributed by atoms with Crippen molar-refractivity contribution < 1.29 is 24.1 Å². The van der Waals surface area contributed by atoms with Crippen molar-refractivity contribution in [3.05, 3.63) is 54.1 Å². The number of hydrogen-bond donors (Lipinski definition) is 1. The lowest BCUT2D eigenvalue weighted by Gasteiger charge is -2.25. The summed E-state index contributed by atoms with van der Waals surface area (Å²) in [5.74, 6) is 2.16. The second kappa shape index (κ2) is 12.2. The van der Waals surface area contributed by atoms with Crippen LogP contribution in [0.25, 0.3) is 0 Å². The molecule has 0 aromatic heterocycles. The van der Waals surface area contributed by atoms with E-state index in [0.29, 0.717) is 31.2 Å². The number of hydrogen-bond acceptors (Lipinski definition) is 6. The molecule has 0 aliphatic carbocycles. The Bertz CT molecular complexity index is 680. The minimum Gasteiger partial charge on any atom is -0.493 e. The van der Waals surface area contributed by atoms with E-state index in [1.54, 1.807) is 21.3 Å². The summed E-state index contributed by atoms with van der Waals surface area (Å²) in [5, 5.41) is 10.5. The fraction of sp³-hybridized carbons (Fsp3) is 0.455. The predicted molar refractivity (Wildman–Crippen MR) is 109 cm³/mol. The molecular formula is C22H31NO5. The summed E-state index contributed by atoms with van der Waals surface area (Å²) in [4.78, 5) is 2.19. The number of nitrogens with zero attached hydrogens (tertiary/aromatic N) is 1. The third-order valence-electron chi connectivity index (χ3n) is 4.33. The lowest BCUT2D eigenvalue weighted by Crippen LogP contribution is -2.36. The van der Waals surface area contributed by atoms with E-state index >= 15 is 0 Å². The van der Waals surface area contributed by atoms with E-state index in [0.717, 1.165) is 24.3 Å². The first-order valence-electron chi connectivity index (χ1n) is 9.44. The third kappa shape index (κ3) is 7.38. The Balaban J connectivity index is 1.96. The summed E-state index contributed by atoms with van der Waals surface area (Å²) in [7, 11) is 4.95. The van der Waals surface area contributed by atoms with Crippen LogP contribution in [-0.4, -0.2) is 63.7 Å². The van der Waals surface area contributed by atoms with Crippen molar-refractivity contribution in [2.45, 2.75) is 19.1 Å². The van der Waals surface area contributed by atoms with Gasteiger partial charge >= 0.3 is 0 Å². The van der Waals surface area contributed by atoms with Crippen LogP contribution in [-0.2, 0) is 11.3 Å². The predicted octanol–water partition coefficient (Wildman–Crippen LogP) is 2.98. The second-order valence-electron chi connectivity index (χ2n) is 6.55. The smallest absolute Gasteiger partial charge is 0.161 e. The van der Waals surface area contributed by atoms with Gasteiger partial charge in [0.1, 0.15) is 18.5 Å². The summed E-state index contributed by atoms with van der Waals surface area (Å²) in [6, 6.07) is 15.4. The topological polar surface area (TPSA) is 60.4 Å². The lowest BCUT2D eigenvalue weighted by atomic mass is 10.1. The van der Waals surface area contributed by atoms with Crippen LogP contribution in [0.15, 0.2) is 48.5 Å². The van der Waals surface area contributed by atoms with Crippen molar-refractivity contribution >= 4 is 0 Å². The van der Waals surface area contributed by atoms with Crippen molar-refractivity contribution in [1.29, 1.82) is 0 Å². The Morgan fingerprint density at radius 2 is 1.71 bits per heavy atom.